The summed E-state index contributed by atoms with van der Waals surface area (Å²) in [6.07, 6.45) is 2.76. The van der Waals surface area contributed by atoms with Crippen molar-refractivity contribution in [1.82, 2.24) is 4.98 Å². The maximum atomic E-state index is 12.3. The van der Waals surface area contributed by atoms with Gasteiger partial charge in [-0.15, -0.1) is 0 Å². The molecule has 0 fully saturated rings. The average molecular weight is 305 g/mol. The lowest BCUT2D eigenvalue weighted by Gasteiger charge is -2.06. The first-order chi connectivity index (χ1) is 8.30. The van der Waals surface area contributed by atoms with Gasteiger partial charge in [-0.05, 0) is 12.1 Å². The maximum absolute atomic E-state index is 12.3. The summed E-state index contributed by atoms with van der Waals surface area (Å²) < 4.78 is 37.4. The van der Waals surface area contributed by atoms with E-state index in [4.69, 9.17) is 10.7 Å². The van der Waals surface area contributed by atoms with Crippen LogP contribution in [-0.4, -0.2) is 23.9 Å². The van der Waals surface area contributed by atoms with Gasteiger partial charge in [-0.3, -0.25) is 4.98 Å². The van der Waals surface area contributed by atoms with E-state index in [9.17, 15) is 12.6 Å². The number of halogens is 1. The van der Waals surface area contributed by atoms with Gasteiger partial charge in [-0.2, -0.15) is 8.42 Å². The summed E-state index contributed by atoms with van der Waals surface area (Å²) in [4.78, 5) is 4.35. The van der Waals surface area contributed by atoms with Crippen LogP contribution >= 0.6 is 10.7 Å². The van der Waals surface area contributed by atoms with Crippen LogP contribution in [0.5, 0.6) is 0 Å². The minimum atomic E-state index is -4.20. The van der Waals surface area contributed by atoms with E-state index in [1.165, 1.54) is 18.5 Å². The smallest absolute Gasteiger partial charge is 0.255 e. The number of hydrogen-bond donors (Lipinski definition) is 0. The van der Waals surface area contributed by atoms with Gasteiger partial charge in [0, 0.05) is 28.5 Å². The van der Waals surface area contributed by atoms with Crippen molar-refractivity contribution in [3.05, 3.63) is 36.5 Å². The fraction of sp³-hybridized carbons (Fsp3) is 0.100. The molecule has 0 aliphatic heterocycles. The molecule has 0 aliphatic carbocycles. The highest BCUT2D eigenvalue weighted by atomic mass is 35.7. The molecule has 8 heteroatoms. The molecule has 0 bridgehead atoms. The summed E-state index contributed by atoms with van der Waals surface area (Å²) in [6, 6.07) is 8.51. The zero-order chi connectivity index (χ0) is 13.4. The summed E-state index contributed by atoms with van der Waals surface area (Å²) in [7, 11) is -2.33. The van der Waals surface area contributed by atoms with Gasteiger partial charge in [0.25, 0.3) is 0 Å². The summed E-state index contributed by atoms with van der Waals surface area (Å²) in [6.45, 7) is 0. The predicted molar refractivity (Wildman–Crippen MR) is 71.3 cm³/mol. The molecule has 18 heavy (non-hydrogen) atoms. The van der Waals surface area contributed by atoms with E-state index in [1.54, 1.807) is 24.3 Å². The zero-order valence-electron chi connectivity index (χ0n) is 9.28. The molecular formula is C10H9ClN2O3S2. The molecule has 5 nitrogen and oxygen atoms in total. The van der Waals surface area contributed by atoms with Crippen molar-refractivity contribution in [2.75, 3.05) is 6.26 Å². The van der Waals surface area contributed by atoms with Crippen LogP contribution in [0.1, 0.15) is 0 Å². The molecule has 0 unspecified atom stereocenters. The SMILES string of the molecule is C[S@@](=O)(=NS(=O)(=O)Cl)c1cccc2cccnc12. The Bertz CT molecular complexity index is 819. The molecule has 2 rings (SSSR count). The van der Waals surface area contributed by atoms with Crippen molar-refractivity contribution in [1.29, 1.82) is 0 Å². The lowest BCUT2D eigenvalue weighted by atomic mass is 10.2. The molecular weight excluding hydrogens is 296 g/mol. The summed E-state index contributed by atoms with van der Waals surface area (Å²) in [5.41, 5.74) is 0.455. The van der Waals surface area contributed by atoms with E-state index in [2.05, 4.69) is 8.75 Å². The van der Waals surface area contributed by atoms with Crippen molar-refractivity contribution >= 4 is 40.6 Å². The van der Waals surface area contributed by atoms with Crippen LogP contribution in [0.3, 0.4) is 0 Å². The molecule has 0 amide bonds. The van der Waals surface area contributed by atoms with Gasteiger partial charge in [0.1, 0.15) is 0 Å². The van der Waals surface area contributed by atoms with E-state index < -0.39 is 19.0 Å². The normalized spacial score (nSPS) is 15.2. The summed E-state index contributed by atoms with van der Waals surface area (Å²) >= 11 is 0. The lowest BCUT2D eigenvalue weighted by Crippen LogP contribution is -2.02. The fourth-order valence-corrected chi connectivity index (χ4v) is 5.10. The van der Waals surface area contributed by atoms with Crippen LogP contribution in [0, 0.1) is 0 Å². The molecule has 0 aliphatic rings. The van der Waals surface area contributed by atoms with Crippen LogP contribution < -0.4 is 0 Å². The second-order valence-corrected chi connectivity index (χ2v) is 8.26. The largest absolute Gasteiger partial charge is 0.347 e. The number of nitrogens with zero attached hydrogens (tertiary/aromatic N) is 2. The second kappa shape index (κ2) is 4.49. The highest BCUT2D eigenvalue weighted by molar-refractivity contribution is 8.17. The van der Waals surface area contributed by atoms with Crippen molar-refractivity contribution in [2.45, 2.75) is 4.90 Å². The molecule has 1 aromatic carbocycles. The van der Waals surface area contributed by atoms with Gasteiger partial charge in [-0.25, -0.2) is 4.21 Å². The zero-order valence-corrected chi connectivity index (χ0v) is 11.7. The van der Waals surface area contributed by atoms with E-state index in [1.807, 2.05) is 0 Å². The first kappa shape index (κ1) is 13.3. The quantitative estimate of drug-likeness (QED) is 0.797. The Morgan fingerprint density at radius 2 is 1.83 bits per heavy atom. The first-order valence-electron chi connectivity index (χ1n) is 4.81. The van der Waals surface area contributed by atoms with Gasteiger partial charge < -0.3 is 0 Å². The van der Waals surface area contributed by atoms with Crippen molar-refractivity contribution < 1.29 is 12.6 Å². The Balaban J connectivity index is 2.85. The van der Waals surface area contributed by atoms with Crippen LogP contribution in [0.15, 0.2) is 45.2 Å². The number of aromatic nitrogens is 1. The van der Waals surface area contributed by atoms with Crippen LogP contribution in [0.4, 0.5) is 0 Å². The lowest BCUT2D eigenvalue weighted by molar-refractivity contribution is 0.611. The number of benzene rings is 1. The third kappa shape index (κ3) is 2.80. The van der Waals surface area contributed by atoms with Crippen molar-refractivity contribution in [2.24, 2.45) is 3.77 Å². The van der Waals surface area contributed by atoms with Gasteiger partial charge >= 0.3 is 9.24 Å². The third-order valence-electron chi connectivity index (χ3n) is 2.24. The minimum Gasteiger partial charge on any atom is -0.255 e. The fourth-order valence-electron chi connectivity index (χ4n) is 1.59. The molecule has 96 valence electrons. The van der Waals surface area contributed by atoms with E-state index >= 15 is 0 Å². The third-order valence-corrected chi connectivity index (χ3v) is 5.74. The second-order valence-electron chi connectivity index (χ2n) is 3.62. The molecule has 0 N–H and O–H groups in total. The van der Waals surface area contributed by atoms with E-state index in [0.717, 1.165) is 5.39 Å². The molecule has 1 aromatic heterocycles. The highest BCUT2D eigenvalue weighted by Crippen LogP contribution is 2.23. The molecule has 1 heterocycles. The molecule has 0 radical (unpaired) electrons. The maximum Gasteiger partial charge on any atom is 0.347 e. The van der Waals surface area contributed by atoms with E-state index in [-0.39, 0.29) is 4.90 Å². The molecule has 0 saturated carbocycles. The standard InChI is InChI=1S/C10H9ClN2O3S2/c1-17(14,13-18(11,15)16)9-6-2-4-8-5-3-7-12-10(8)9/h2-7H,1H3/t17-/m0/s1. The minimum absolute atomic E-state index is 0.254. The Morgan fingerprint density at radius 1 is 1.17 bits per heavy atom. The Kier molecular flexibility index (Phi) is 3.31. The Labute approximate surface area is 110 Å². The van der Waals surface area contributed by atoms with E-state index in [0.29, 0.717) is 5.52 Å². The predicted octanol–water partition coefficient (Wildman–Crippen LogP) is 2.18. The molecule has 1 atom stereocenters. The van der Waals surface area contributed by atoms with Crippen LogP contribution in [0.2, 0.25) is 0 Å². The van der Waals surface area contributed by atoms with Crippen LogP contribution in [0.25, 0.3) is 10.9 Å². The first-order valence-corrected chi connectivity index (χ1v) is 9.00. The highest BCUT2D eigenvalue weighted by Gasteiger charge is 2.15. The monoisotopic (exact) mass is 304 g/mol. The molecule has 0 saturated heterocycles. The Hall–Kier alpha value is -1.18. The Morgan fingerprint density at radius 3 is 2.50 bits per heavy atom. The summed E-state index contributed by atoms with van der Waals surface area (Å²) in [5, 5.41) is 0.756. The molecule has 2 aromatic rings. The number of fused-ring (bicyclic) bond motifs is 1. The van der Waals surface area contributed by atoms with Gasteiger partial charge in [0.15, 0.2) is 0 Å². The summed E-state index contributed by atoms with van der Waals surface area (Å²) in [5.74, 6) is 0. The number of pyridine rings is 1. The van der Waals surface area contributed by atoms with Gasteiger partial charge in [0.2, 0.25) is 0 Å². The van der Waals surface area contributed by atoms with Crippen LogP contribution in [-0.2, 0) is 19.0 Å². The van der Waals surface area contributed by atoms with Gasteiger partial charge in [0.05, 0.1) is 20.1 Å². The average Bonchev–Trinajstić information content (AvgIpc) is 2.25. The van der Waals surface area contributed by atoms with Crippen molar-refractivity contribution in [3.8, 4) is 0 Å². The number of para-hydroxylation sites is 1. The number of hydrogen-bond acceptors (Lipinski definition) is 4. The van der Waals surface area contributed by atoms with Gasteiger partial charge in [-0.1, -0.05) is 22.0 Å². The molecule has 0 spiro atoms. The van der Waals surface area contributed by atoms with Crippen molar-refractivity contribution in [3.63, 3.8) is 0 Å². The topological polar surface area (TPSA) is 76.5 Å². The number of rotatable bonds is 2.